The molecule has 1 unspecified atom stereocenters. The first-order valence-corrected chi connectivity index (χ1v) is 7.55. The van der Waals surface area contributed by atoms with E-state index in [1.807, 2.05) is 0 Å². The van der Waals surface area contributed by atoms with Crippen LogP contribution in [0.4, 0.5) is 5.69 Å². The number of nitrogens with one attached hydrogen (secondary N) is 2. The van der Waals surface area contributed by atoms with Gasteiger partial charge in [0.05, 0.1) is 0 Å². The number of hydrogen-bond donors (Lipinski definition) is 2. The van der Waals surface area contributed by atoms with Crippen LogP contribution in [0.5, 0.6) is 0 Å². The number of hydrogen-bond acceptors (Lipinski definition) is 3. The Balaban J connectivity index is 1.65. The van der Waals surface area contributed by atoms with Crippen LogP contribution in [0, 0.1) is 0 Å². The average Bonchev–Trinajstić information content (AvgIpc) is 3.15. The molecule has 20 heavy (non-hydrogen) atoms. The Morgan fingerprint density at radius 1 is 1.25 bits per heavy atom. The molecule has 0 aromatic heterocycles. The lowest BCUT2D eigenvalue weighted by Gasteiger charge is -2.22. The molecule has 2 aliphatic rings. The molecule has 0 radical (unpaired) electrons. The second kappa shape index (κ2) is 5.83. The molecule has 1 aliphatic heterocycles. The topological polar surface area (TPSA) is 44.4 Å². The second-order valence-electron chi connectivity index (χ2n) is 5.92. The predicted octanol–water partition coefficient (Wildman–Crippen LogP) is 1.65. The Kier molecular flexibility index (Phi) is 3.92. The average molecular weight is 273 g/mol. The van der Waals surface area contributed by atoms with E-state index < -0.39 is 0 Å². The van der Waals surface area contributed by atoms with Crippen LogP contribution >= 0.6 is 0 Å². The fourth-order valence-electron chi connectivity index (χ4n) is 2.89. The standard InChI is InChI=1S/C16H23N3O/c1-12(20)18-15-8-9-19(11-15)16-5-3-2-4-13(16)10-17-14-6-7-14/h2-5,14-15,17H,6-11H2,1H3,(H,18,20). The zero-order valence-corrected chi connectivity index (χ0v) is 12.1. The van der Waals surface area contributed by atoms with Crippen molar-refractivity contribution >= 4 is 11.6 Å². The van der Waals surface area contributed by atoms with Gasteiger partial charge in [0, 0.05) is 44.3 Å². The minimum atomic E-state index is 0.0699. The maximum absolute atomic E-state index is 11.2. The lowest BCUT2D eigenvalue weighted by Crippen LogP contribution is -2.35. The van der Waals surface area contributed by atoms with Crippen molar-refractivity contribution in [2.24, 2.45) is 0 Å². The van der Waals surface area contributed by atoms with Gasteiger partial charge in [-0.05, 0) is 30.9 Å². The number of rotatable bonds is 5. The van der Waals surface area contributed by atoms with E-state index in [1.165, 1.54) is 24.1 Å². The summed E-state index contributed by atoms with van der Waals surface area (Å²) in [6.07, 6.45) is 3.66. The summed E-state index contributed by atoms with van der Waals surface area (Å²) in [5.74, 6) is 0.0699. The molecule has 1 heterocycles. The third-order valence-electron chi connectivity index (χ3n) is 4.09. The smallest absolute Gasteiger partial charge is 0.217 e. The molecule has 3 rings (SSSR count). The number of para-hydroxylation sites is 1. The third-order valence-corrected chi connectivity index (χ3v) is 4.09. The minimum absolute atomic E-state index is 0.0699. The highest BCUT2D eigenvalue weighted by Crippen LogP contribution is 2.26. The van der Waals surface area contributed by atoms with Crippen LogP contribution in [0.2, 0.25) is 0 Å². The predicted molar refractivity (Wildman–Crippen MR) is 80.7 cm³/mol. The van der Waals surface area contributed by atoms with Crippen LogP contribution in [0.15, 0.2) is 24.3 Å². The van der Waals surface area contributed by atoms with E-state index in [2.05, 4.69) is 39.8 Å². The van der Waals surface area contributed by atoms with Gasteiger partial charge in [0.1, 0.15) is 0 Å². The van der Waals surface area contributed by atoms with Gasteiger partial charge < -0.3 is 15.5 Å². The molecule has 0 bridgehead atoms. The van der Waals surface area contributed by atoms with Crippen molar-refractivity contribution in [3.05, 3.63) is 29.8 Å². The number of benzene rings is 1. The molecule has 1 aromatic rings. The van der Waals surface area contributed by atoms with Gasteiger partial charge in [0.15, 0.2) is 0 Å². The minimum Gasteiger partial charge on any atom is -0.369 e. The molecule has 2 N–H and O–H groups in total. The first kappa shape index (κ1) is 13.4. The lowest BCUT2D eigenvalue weighted by atomic mass is 10.1. The van der Waals surface area contributed by atoms with E-state index >= 15 is 0 Å². The Labute approximate surface area is 120 Å². The highest BCUT2D eigenvalue weighted by atomic mass is 16.1. The van der Waals surface area contributed by atoms with Gasteiger partial charge >= 0.3 is 0 Å². The molecule has 108 valence electrons. The first-order chi connectivity index (χ1) is 9.72. The summed E-state index contributed by atoms with van der Waals surface area (Å²) in [7, 11) is 0. The van der Waals surface area contributed by atoms with Crippen molar-refractivity contribution in [3.63, 3.8) is 0 Å². The molecule has 1 amide bonds. The molecule has 1 atom stereocenters. The van der Waals surface area contributed by atoms with Gasteiger partial charge in [0.25, 0.3) is 0 Å². The van der Waals surface area contributed by atoms with Crippen molar-refractivity contribution in [3.8, 4) is 0 Å². The number of anilines is 1. The molecule has 4 heteroatoms. The van der Waals surface area contributed by atoms with E-state index in [4.69, 9.17) is 0 Å². The number of nitrogens with zero attached hydrogens (tertiary/aromatic N) is 1. The summed E-state index contributed by atoms with van der Waals surface area (Å²) in [6, 6.07) is 9.62. The lowest BCUT2D eigenvalue weighted by molar-refractivity contribution is -0.119. The van der Waals surface area contributed by atoms with Crippen LogP contribution in [0.1, 0.15) is 31.7 Å². The van der Waals surface area contributed by atoms with Crippen molar-refractivity contribution in [1.82, 2.24) is 10.6 Å². The third kappa shape index (κ3) is 3.31. The Morgan fingerprint density at radius 2 is 2.05 bits per heavy atom. The highest BCUT2D eigenvalue weighted by Gasteiger charge is 2.25. The quantitative estimate of drug-likeness (QED) is 0.857. The van der Waals surface area contributed by atoms with Crippen molar-refractivity contribution < 1.29 is 4.79 Å². The molecule has 2 fully saturated rings. The zero-order chi connectivity index (χ0) is 13.9. The monoisotopic (exact) mass is 273 g/mol. The fourth-order valence-corrected chi connectivity index (χ4v) is 2.89. The molecular weight excluding hydrogens is 250 g/mol. The number of amides is 1. The van der Waals surface area contributed by atoms with Crippen molar-refractivity contribution in [2.75, 3.05) is 18.0 Å². The SMILES string of the molecule is CC(=O)NC1CCN(c2ccccc2CNC2CC2)C1. The fraction of sp³-hybridized carbons (Fsp3) is 0.562. The molecular formula is C16H23N3O. The van der Waals surface area contributed by atoms with Crippen molar-refractivity contribution in [1.29, 1.82) is 0 Å². The van der Waals surface area contributed by atoms with Crippen LogP contribution in [-0.4, -0.2) is 31.1 Å². The molecule has 1 saturated heterocycles. The van der Waals surface area contributed by atoms with E-state index in [0.717, 1.165) is 32.1 Å². The van der Waals surface area contributed by atoms with Crippen LogP contribution in [0.3, 0.4) is 0 Å². The summed E-state index contributed by atoms with van der Waals surface area (Å²) in [5.41, 5.74) is 2.68. The molecule has 1 aliphatic carbocycles. The number of carbonyl (C=O) groups is 1. The van der Waals surface area contributed by atoms with Crippen LogP contribution in [0.25, 0.3) is 0 Å². The second-order valence-corrected chi connectivity index (χ2v) is 5.92. The van der Waals surface area contributed by atoms with Gasteiger partial charge in [-0.15, -0.1) is 0 Å². The van der Waals surface area contributed by atoms with E-state index in [0.29, 0.717) is 0 Å². The Morgan fingerprint density at radius 3 is 2.80 bits per heavy atom. The summed E-state index contributed by atoms with van der Waals surface area (Å²) in [6.45, 7) is 4.48. The summed E-state index contributed by atoms with van der Waals surface area (Å²) >= 11 is 0. The summed E-state index contributed by atoms with van der Waals surface area (Å²) < 4.78 is 0. The highest BCUT2D eigenvalue weighted by molar-refractivity contribution is 5.73. The molecule has 1 saturated carbocycles. The maximum Gasteiger partial charge on any atom is 0.217 e. The Bertz CT molecular complexity index is 484. The normalized spacial score (nSPS) is 22.1. The molecule has 1 aromatic carbocycles. The summed E-state index contributed by atoms with van der Waals surface area (Å²) in [4.78, 5) is 13.5. The molecule has 0 spiro atoms. The Hall–Kier alpha value is -1.55. The van der Waals surface area contributed by atoms with E-state index in [9.17, 15) is 4.79 Å². The van der Waals surface area contributed by atoms with Crippen LogP contribution < -0.4 is 15.5 Å². The van der Waals surface area contributed by atoms with Crippen molar-refractivity contribution in [2.45, 2.75) is 44.8 Å². The van der Waals surface area contributed by atoms with Gasteiger partial charge in [-0.3, -0.25) is 4.79 Å². The number of carbonyl (C=O) groups excluding carboxylic acids is 1. The van der Waals surface area contributed by atoms with Gasteiger partial charge in [0.2, 0.25) is 5.91 Å². The zero-order valence-electron chi connectivity index (χ0n) is 12.1. The van der Waals surface area contributed by atoms with E-state index in [1.54, 1.807) is 6.92 Å². The van der Waals surface area contributed by atoms with E-state index in [-0.39, 0.29) is 11.9 Å². The van der Waals surface area contributed by atoms with Gasteiger partial charge in [-0.1, -0.05) is 18.2 Å². The maximum atomic E-state index is 11.2. The van der Waals surface area contributed by atoms with Gasteiger partial charge in [-0.25, -0.2) is 0 Å². The van der Waals surface area contributed by atoms with Crippen LogP contribution in [-0.2, 0) is 11.3 Å². The first-order valence-electron chi connectivity index (χ1n) is 7.55. The summed E-state index contributed by atoms with van der Waals surface area (Å²) in [5, 5.41) is 6.61. The largest absolute Gasteiger partial charge is 0.369 e. The van der Waals surface area contributed by atoms with Gasteiger partial charge in [-0.2, -0.15) is 0 Å². The molecule has 4 nitrogen and oxygen atoms in total.